The van der Waals surface area contributed by atoms with E-state index in [-0.39, 0.29) is 11.4 Å². The van der Waals surface area contributed by atoms with Crippen LogP contribution in [0, 0.1) is 6.92 Å². The van der Waals surface area contributed by atoms with E-state index in [1.54, 1.807) is 6.07 Å². The number of rotatable bonds is 1. The van der Waals surface area contributed by atoms with Crippen LogP contribution in [0.5, 0.6) is 5.75 Å². The van der Waals surface area contributed by atoms with Gasteiger partial charge in [0, 0.05) is 6.92 Å². The molecule has 2 heteroatoms. The molecule has 81 valence electrons. The molecule has 0 bridgehead atoms. The third kappa shape index (κ3) is 3.39. The molecule has 0 aliphatic carbocycles. The van der Waals surface area contributed by atoms with Gasteiger partial charge in [-0.15, -0.1) is 0 Å². The van der Waals surface area contributed by atoms with Crippen LogP contribution in [0.2, 0.25) is 0 Å². The molecule has 1 rings (SSSR count). The predicted octanol–water partition coefficient (Wildman–Crippen LogP) is 3.09. The van der Waals surface area contributed by atoms with Crippen molar-refractivity contribution in [2.45, 2.75) is 33.1 Å². The Hall–Kier alpha value is -1.31. The largest absolute Gasteiger partial charge is 0.427 e. The van der Waals surface area contributed by atoms with Gasteiger partial charge in [-0.3, -0.25) is 4.79 Å². The minimum atomic E-state index is -0.305. The Morgan fingerprint density at radius 3 is 2.33 bits per heavy atom. The summed E-state index contributed by atoms with van der Waals surface area (Å²) in [4.78, 5) is 10.8. The van der Waals surface area contributed by atoms with Gasteiger partial charge >= 0.3 is 5.97 Å². The third-order valence-corrected chi connectivity index (χ3v) is 2.09. The van der Waals surface area contributed by atoms with Gasteiger partial charge in [-0.2, -0.15) is 0 Å². The van der Waals surface area contributed by atoms with E-state index in [1.165, 1.54) is 6.92 Å². The molecule has 0 aliphatic rings. The van der Waals surface area contributed by atoms with Crippen molar-refractivity contribution in [1.82, 2.24) is 0 Å². The summed E-state index contributed by atoms with van der Waals surface area (Å²) >= 11 is 0. The second-order valence-corrected chi connectivity index (χ2v) is 4.71. The van der Waals surface area contributed by atoms with E-state index in [1.807, 2.05) is 12.1 Å². The zero-order valence-electron chi connectivity index (χ0n) is 9.76. The first-order valence-corrected chi connectivity index (χ1v) is 4.95. The molecule has 1 radical (unpaired) electrons. The molecule has 0 N–H and O–H groups in total. The summed E-state index contributed by atoms with van der Waals surface area (Å²) in [5.74, 6) is 0.264. The Labute approximate surface area is 91.3 Å². The third-order valence-electron chi connectivity index (χ3n) is 2.09. The van der Waals surface area contributed by atoms with Gasteiger partial charge in [0.2, 0.25) is 0 Å². The fourth-order valence-electron chi connectivity index (χ4n) is 1.32. The number of ether oxygens (including phenoxy) is 1. The maximum atomic E-state index is 10.8. The first-order chi connectivity index (χ1) is 6.79. The maximum Gasteiger partial charge on any atom is 0.308 e. The van der Waals surface area contributed by atoms with Crippen molar-refractivity contribution in [2.24, 2.45) is 0 Å². The van der Waals surface area contributed by atoms with Crippen molar-refractivity contribution in [1.29, 1.82) is 0 Å². The lowest BCUT2D eigenvalue weighted by Gasteiger charge is -2.20. The molecule has 1 aromatic carbocycles. The highest BCUT2D eigenvalue weighted by Crippen LogP contribution is 2.27. The smallest absolute Gasteiger partial charge is 0.308 e. The van der Waals surface area contributed by atoms with E-state index in [9.17, 15) is 4.79 Å². The van der Waals surface area contributed by atoms with Gasteiger partial charge in [-0.05, 0) is 35.6 Å². The fourth-order valence-corrected chi connectivity index (χ4v) is 1.32. The molecule has 0 atom stereocenters. The first-order valence-electron chi connectivity index (χ1n) is 4.95. The van der Waals surface area contributed by atoms with Crippen LogP contribution in [0.25, 0.3) is 0 Å². The van der Waals surface area contributed by atoms with Gasteiger partial charge in [-0.25, -0.2) is 0 Å². The molecule has 0 fully saturated rings. The summed E-state index contributed by atoms with van der Waals surface area (Å²) in [6.45, 7) is 11.6. The monoisotopic (exact) mass is 205 g/mol. The van der Waals surface area contributed by atoms with Crippen LogP contribution in [0.4, 0.5) is 0 Å². The highest BCUT2D eigenvalue weighted by molar-refractivity contribution is 5.69. The molecule has 15 heavy (non-hydrogen) atoms. The molecule has 0 aliphatic heterocycles. The molecule has 0 saturated carbocycles. The first kappa shape index (κ1) is 11.8. The normalized spacial score (nSPS) is 11.3. The number of carbonyl (C=O) groups excluding carboxylic acids is 1. The van der Waals surface area contributed by atoms with E-state index in [4.69, 9.17) is 4.74 Å². The van der Waals surface area contributed by atoms with Crippen molar-refractivity contribution in [2.75, 3.05) is 0 Å². The highest BCUT2D eigenvalue weighted by Gasteiger charge is 2.15. The summed E-state index contributed by atoms with van der Waals surface area (Å²) in [6.07, 6.45) is 0. The van der Waals surface area contributed by atoms with Crippen LogP contribution in [0.3, 0.4) is 0 Å². The van der Waals surface area contributed by atoms with E-state index in [2.05, 4.69) is 27.7 Å². The summed E-state index contributed by atoms with van der Waals surface area (Å²) in [5.41, 5.74) is 2.01. The zero-order valence-corrected chi connectivity index (χ0v) is 9.76. The second-order valence-electron chi connectivity index (χ2n) is 4.71. The van der Waals surface area contributed by atoms with Gasteiger partial charge in [0.05, 0.1) is 0 Å². The average molecular weight is 205 g/mol. The lowest BCUT2D eigenvalue weighted by Crippen LogP contribution is -2.12. The number of hydrogen-bond acceptors (Lipinski definition) is 2. The Kier molecular flexibility index (Phi) is 3.18. The van der Waals surface area contributed by atoms with Gasteiger partial charge < -0.3 is 4.74 Å². The molecular weight excluding hydrogens is 188 g/mol. The second kappa shape index (κ2) is 4.05. The van der Waals surface area contributed by atoms with E-state index < -0.39 is 0 Å². The number of carbonyl (C=O) groups is 1. The van der Waals surface area contributed by atoms with Gasteiger partial charge in [0.25, 0.3) is 0 Å². The van der Waals surface area contributed by atoms with Crippen LogP contribution < -0.4 is 4.74 Å². The van der Waals surface area contributed by atoms with Crippen molar-refractivity contribution >= 4 is 5.97 Å². The van der Waals surface area contributed by atoms with Crippen molar-refractivity contribution < 1.29 is 9.53 Å². The van der Waals surface area contributed by atoms with Crippen LogP contribution in [0.15, 0.2) is 18.2 Å². The molecule has 0 aromatic heterocycles. The van der Waals surface area contributed by atoms with Crippen LogP contribution in [-0.4, -0.2) is 5.97 Å². The zero-order chi connectivity index (χ0) is 11.6. The average Bonchev–Trinajstić information content (AvgIpc) is 1.99. The van der Waals surface area contributed by atoms with Crippen LogP contribution in [-0.2, 0) is 10.2 Å². The molecule has 0 unspecified atom stereocenters. The Morgan fingerprint density at radius 1 is 1.27 bits per heavy atom. The van der Waals surface area contributed by atoms with E-state index in [0.29, 0.717) is 5.75 Å². The summed E-state index contributed by atoms with van der Waals surface area (Å²) < 4.78 is 5.05. The van der Waals surface area contributed by atoms with Crippen LogP contribution >= 0.6 is 0 Å². The molecule has 0 amide bonds. The predicted molar refractivity (Wildman–Crippen MR) is 60.9 cm³/mol. The van der Waals surface area contributed by atoms with Crippen molar-refractivity contribution in [3.8, 4) is 5.75 Å². The van der Waals surface area contributed by atoms with E-state index in [0.717, 1.165) is 11.1 Å². The van der Waals surface area contributed by atoms with Gasteiger partial charge in [0.1, 0.15) is 5.75 Å². The summed E-state index contributed by atoms with van der Waals surface area (Å²) in [5, 5.41) is 0. The standard InChI is InChI=1S/C13H17O2/c1-9-6-11(13(3,4)5)8-12(7-9)15-10(2)14/h6-8H,1H2,2-5H3. The minimum absolute atomic E-state index is 0.0304. The summed E-state index contributed by atoms with van der Waals surface area (Å²) in [6, 6.07) is 5.65. The Bertz CT molecular complexity index is 373. The van der Waals surface area contributed by atoms with Crippen molar-refractivity contribution in [3.63, 3.8) is 0 Å². The quantitative estimate of drug-likeness (QED) is 0.520. The molecule has 0 heterocycles. The van der Waals surface area contributed by atoms with Crippen molar-refractivity contribution in [3.05, 3.63) is 36.2 Å². The lowest BCUT2D eigenvalue weighted by molar-refractivity contribution is -0.131. The summed E-state index contributed by atoms with van der Waals surface area (Å²) in [7, 11) is 0. The Balaban J connectivity index is 3.11. The molecule has 0 spiro atoms. The number of benzene rings is 1. The Morgan fingerprint density at radius 2 is 1.87 bits per heavy atom. The van der Waals surface area contributed by atoms with E-state index >= 15 is 0 Å². The van der Waals surface area contributed by atoms with Gasteiger partial charge in [-0.1, -0.05) is 26.8 Å². The topological polar surface area (TPSA) is 26.3 Å². The number of hydrogen-bond donors (Lipinski definition) is 0. The minimum Gasteiger partial charge on any atom is -0.427 e. The SMILES string of the molecule is [CH2]c1cc(OC(C)=O)cc(C(C)(C)C)c1. The fraction of sp³-hybridized carbons (Fsp3) is 0.385. The maximum absolute atomic E-state index is 10.8. The molecule has 0 saturated heterocycles. The lowest BCUT2D eigenvalue weighted by atomic mass is 9.86. The number of esters is 1. The molecule has 2 nitrogen and oxygen atoms in total. The highest BCUT2D eigenvalue weighted by atomic mass is 16.5. The molecule has 1 aromatic rings. The van der Waals surface area contributed by atoms with Gasteiger partial charge in [0.15, 0.2) is 0 Å². The molecular formula is C13H17O2. The van der Waals surface area contributed by atoms with Crippen LogP contribution in [0.1, 0.15) is 38.8 Å².